The van der Waals surface area contributed by atoms with E-state index < -0.39 is 7.12 Å². The van der Waals surface area contributed by atoms with Crippen molar-refractivity contribution in [1.29, 1.82) is 0 Å². The van der Waals surface area contributed by atoms with Gasteiger partial charge < -0.3 is 19.8 Å². The first kappa shape index (κ1) is 44.2. The molecule has 2 saturated heterocycles. The van der Waals surface area contributed by atoms with Crippen LogP contribution in [0, 0.1) is 13.8 Å². The summed E-state index contributed by atoms with van der Waals surface area (Å²) in [4.78, 5) is 67.9. The Labute approximate surface area is 370 Å². The van der Waals surface area contributed by atoms with Gasteiger partial charge in [-0.3, -0.25) is 40.4 Å². The minimum absolute atomic E-state index is 0. The highest BCUT2D eigenvalue weighted by molar-refractivity contribution is 6.58. The number of fused-ring (bicyclic) bond motifs is 8. The Morgan fingerprint density at radius 1 is 0.683 bits per heavy atom. The largest absolute Gasteiger partial charge is 0.488 e. The molecule has 20 heteroatoms. The molecule has 0 spiro atoms. The van der Waals surface area contributed by atoms with Gasteiger partial charge in [0.05, 0.1) is 40.5 Å². The minimum Gasteiger partial charge on any atom is -0.423 e. The number of carbonyl (C=O) groups is 2. The average molecular weight is 871 g/mol. The molecule has 0 unspecified atom stereocenters. The fourth-order valence-corrected chi connectivity index (χ4v) is 8.34. The maximum absolute atomic E-state index is 13.3. The van der Waals surface area contributed by atoms with Gasteiger partial charge in [-0.05, 0) is 94.5 Å². The summed E-state index contributed by atoms with van der Waals surface area (Å²) in [6.07, 6.45) is 14.3. The molecule has 10 heterocycles. The van der Waals surface area contributed by atoms with Gasteiger partial charge >= 0.3 is 19.2 Å². The highest BCUT2D eigenvalue weighted by atomic mass is 35.5. The standard InChI is InChI=1S/C21H21N7O.C15H15ClN6O.C6H8BNO2.CH4/c1-14-11-15(5-7-23-14)16-3-4-17-19(25-16)28(21(2)6-10-27(17)13-21)20(29)26-18-12-22-8-9-24-18;1-15-4-7-21(9-15)10-2-3-11(16)19-13(10)22(15)14(23)20-12-8-17-5-6-18-12;1-5-4-6(7(9)10)2-3-8-5;/h3-5,7-9,11-12H,6,10,13H2,1-2H3,(H,24,26,29);2-3,5-6,8H,4,7,9H2,1H3,(H,18,20,23);2-4,9-10H,1H3;1H4/t21-;15-;;/m11../s1. The molecular formula is C43H48BClN14O4. The Bertz CT molecular complexity index is 2600. The van der Waals surface area contributed by atoms with Crippen LogP contribution in [0.5, 0.6) is 0 Å². The topological polar surface area (TPSA) is 215 Å². The first-order chi connectivity index (χ1) is 29.8. The van der Waals surface area contributed by atoms with Gasteiger partial charge in [0.1, 0.15) is 5.15 Å². The molecule has 4 bridgehead atoms. The number of hydrogen-bond acceptors (Lipinski definition) is 14. The van der Waals surface area contributed by atoms with E-state index in [1.807, 2.05) is 31.2 Å². The number of nitrogens with zero attached hydrogens (tertiary/aromatic N) is 12. The van der Waals surface area contributed by atoms with Crippen LogP contribution in [0.25, 0.3) is 11.3 Å². The first-order valence-corrected chi connectivity index (χ1v) is 20.3. The molecule has 4 N–H and O–H groups in total. The highest BCUT2D eigenvalue weighted by Gasteiger charge is 2.50. The van der Waals surface area contributed by atoms with Gasteiger partial charge in [-0.2, -0.15) is 0 Å². The number of carbonyl (C=O) groups excluding carboxylic acids is 2. The van der Waals surface area contributed by atoms with E-state index in [4.69, 9.17) is 26.6 Å². The van der Waals surface area contributed by atoms with Crippen LogP contribution in [0.2, 0.25) is 5.15 Å². The predicted molar refractivity (Wildman–Crippen MR) is 245 cm³/mol. The van der Waals surface area contributed by atoms with Crippen LogP contribution in [-0.2, 0) is 0 Å². The number of rotatable bonds is 4. The number of halogens is 1. The van der Waals surface area contributed by atoms with E-state index in [1.165, 1.54) is 18.6 Å². The van der Waals surface area contributed by atoms with Crippen molar-refractivity contribution in [2.45, 2.75) is 59.0 Å². The van der Waals surface area contributed by atoms with Gasteiger partial charge in [0.2, 0.25) is 0 Å². The fraction of sp³-hybridized carbons (Fsp3) is 0.302. The molecule has 0 radical (unpaired) electrons. The second kappa shape index (κ2) is 18.3. The smallest absolute Gasteiger partial charge is 0.423 e. The third kappa shape index (κ3) is 9.35. The first-order valence-electron chi connectivity index (χ1n) is 19.9. The van der Waals surface area contributed by atoms with E-state index in [1.54, 1.807) is 65.9 Å². The Kier molecular flexibility index (Phi) is 12.8. The van der Waals surface area contributed by atoms with Gasteiger partial charge in [0.25, 0.3) is 0 Å². The highest BCUT2D eigenvalue weighted by Crippen LogP contribution is 2.46. The third-order valence-corrected chi connectivity index (χ3v) is 11.4. The van der Waals surface area contributed by atoms with Gasteiger partial charge in [0.15, 0.2) is 23.3 Å². The number of hydrogen-bond donors (Lipinski definition) is 4. The summed E-state index contributed by atoms with van der Waals surface area (Å²) in [5.41, 5.74) is 5.23. The van der Waals surface area contributed by atoms with Crippen molar-refractivity contribution in [3.05, 3.63) is 115 Å². The van der Waals surface area contributed by atoms with Gasteiger partial charge in [0, 0.05) is 80.3 Å². The zero-order chi connectivity index (χ0) is 43.6. The molecule has 4 aliphatic rings. The number of anilines is 6. The van der Waals surface area contributed by atoms with Crippen molar-refractivity contribution in [1.82, 2.24) is 39.9 Å². The molecule has 63 heavy (non-hydrogen) atoms. The number of aromatic nitrogens is 8. The zero-order valence-electron chi connectivity index (χ0n) is 34.5. The average Bonchev–Trinajstić information content (AvgIpc) is 3.78. The van der Waals surface area contributed by atoms with E-state index in [0.29, 0.717) is 33.9 Å². The lowest BCUT2D eigenvalue weighted by molar-refractivity contribution is 0.249. The number of aryl methyl sites for hydroxylation is 2. The fourth-order valence-electron chi connectivity index (χ4n) is 8.19. The van der Waals surface area contributed by atoms with E-state index in [-0.39, 0.29) is 30.6 Å². The molecule has 0 saturated carbocycles. The Hall–Kier alpha value is -6.83. The summed E-state index contributed by atoms with van der Waals surface area (Å²) in [5.74, 6) is 2.09. The third-order valence-electron chi connectivity index (χ3n) is 11.2. The molecule has 18 nitrogen and oxygen atoms in total. The van der Waals surface area contributed by atoms with Gasteiger partial charge in [-0.15, -0.1) is 0 Å². The van der Waals surface area contributed by atoms with Crippen LogP contribution in [0.1, 0.15) is 45.5 Å². The predicted octanol–water partition coefficient (Wildman–Crippen LogP) is 5.51. The quantitative estimate of drug-likeness (QED) is 0.127. The van der Waals surface area contributed by atoms with Crippen LogP contribution < -0.4 is 35.7 Å². The van der Waals surface area contributed by atoms with Crippen LogP contribution in [-0.4, -0.2) is 106 Å². The molecular weight excluding hydrogens is 823 g/mol. The number of amides is 4. The van der Waals surface area contributed by atoms with E-state index in [2.05, 4.69) is 75.2 Å². The van der Waals surface area contributed by atoms with Gasteiger partial charge in [-0.25, -0.2) is 29.5 Å². The van der Waals surface area contributed by atoms with Crippen molar-refractivity contribution in [2.24, 2.45) is 0 Å². The summed E-state index contributed by atoms with van der Waals surface area (Å²) in [5, 5.41) is 23.4. The van der Waals surface area contributed by atoms with E-state index in [0.717, 1.165) is 73.0 Å². The van der Waals surface area contributed by atoms with Crippen molar-refractivity contribution in [2.75, 3.05) is 56.4 Å². The van der Waals surface area contributed by atoms with Crippen LogP contribution in [0.4, 0.5) is 44.2 Å². The molecule has 4 aliphatic heterocycles. The number of urea groups is 2. The second-order valence-corrected chi connectivity index (χ2v) is 16.2. The molecule has 4 amide bonds. The lowest BCUT2D eigenvalue weighted by atomic mass is 9.81. The van der Waals surface area contributed by atoms with Crippen LogP contribution >= 0.6 is 11.6 Å². The monoisotopic (exact) mass is 870 g/mol. The Balaban J connectivity index is 0.000000156. The molecule has 2 atom stereocenters. The van der Waals surface area contributed by atoms with Crippen molar-refractivity contribution < 1.29 is 19.6 Å². The normalized spacial score (nSPS) is 18.7. The van der Waals surface area contributed by atoms with Crippen molar-refractivity contribution in [3.8, 4) is 11.3 Å². The minimum atomic E-state index is -1.39. The summed E-state index contributed by atoms with van der Waals surface area (Å²) >= 11 is 6.06. The Morgan fingerprint density at radius 2 is 1.21 bits per heavy atom. The molecule has 6 aromatic rings. The second-order valence-electron chi connectivity index (χ2n) is 15.9. The van der Waals surface area contributed by atoms with E-state index in [9.17, 15) is 9.59 Å². The van der Waals surface area contributed by atoms with Gasteiger partial charge in [-0.1, -0.05) is 19.0 Å². The lowest BCUT2D eigenvalue weighted by Crippen LogP contribution is -2.56. The van der Waals surface area contributed by atoms with E-state index >= 15 is 0 Å². The lowest BCUT2D eigenvalue weighted by Gasteiger charge is -2.42. The van der Waals surface area contributed by atoms with Crippen LogP contribution in [0.15, 0.2) is 98.1 Å². The summed E-state index contributed by atoms with van der Waals surface area (Å²) in [6.45, 7) is 11.3. The molecule has 6 aromatic heterocycles. The maximum Gasteiger partial charge on any atom is 0.488 e. The summed E-state index contributed by atoms with van der Waals surface area (Å²) < 4.78 is 0. The Morgan fingerprint density at radius 3 is 1.70 bits per heavy atom. The van der Waals surface area contributed by atoms with Crippen molar-refractivity contribution in [3.63, 3.8) is 0 Å². The maximum atomic E-state index is 13.3. The summed E-state index contributed by atoms with van der Waals surface area (Å²) in [6, 6.07) is 14.3. The van der Waals surface area contributed by atoms with Crippen molar-refractivity contribution >= 4 is 70.9 Å². The molecule has 10 rings (SSSR count). The molecule has 0 aliphatic carbocycles. The SMILES string of the molecule is C.C[C@@]12CCN(C1)c1ccc(Cl)nc1N2C(=O)Nc1cnccn1.Cc1cc(-c2ccc3c(n2)N(C(=O)Nc2cnccn2)[C@]2(C)CCN3C2)ccn1.Cc1cc(B(O)O)ccn1. The van der Waals surface area contributed by atoms with Crippen LogP contribution in [0.3, 0.4) is 0 Å². The zero-order valence-corrected chi connectivity index (χ0v) is 35.3. The number of pyridine rings is 4. The summed E-state index contributed by atoms with van der Waals surface area (Å²) in [7, 11) is -1.39. The molecule has 0 aromatic carbocycles. The molecule has 2 fully saturated rings. The number of nitrogens with one attached hydrogen (secondary N) is 2. The molecule has 324 valence electrons.